The van der Waals surface area contributed by atoms with Gasteiger partial charge in [0, 0.05) is 12.6 Å². The van der Waals surface area contributed by atoms with Gasteiger partial charge in [-0.05, 0) is 39.7 Å². The zero-order valence-electron chi connectivity index (χ0n) is 10.1. The van der Waals surface area contributed by atoms with Gasteiger partial charge in [-0.2, -0.15) is 0 Å². The second-order valence-electron chi connectivity index (χ2n) is 5.02. The summed E-state index contributed by atoms with van der Waals surface area (Å²) >= 11 is 0. The molecular formula is C12H23NO2. The number of carboxylic acid groups (broad SMARTS) is 1. The Labute approximate surface area is 92.5 Å². The predicted octanol–water partition coefficient (Wildman–Crippen LogP) is 2.22. The zero-order chi connectivity index (χ0) is 11.4. The van der Waals surface area contributed by atoms with Crippen LogP contribution >= 0.6 is 0 Å². The van der Waals surface area contributed by atoms with Crippen LogP contribution < -0.4 is 0 Å². The fourth-order valence-electron chi connectivity index (χ4n) is 2.33. The second-order valence-corrected chi connectivity index (χ2v) is 5.02. The molecule has 1 rings (SSSR count). The number of carboxylic acids is 1. The van der Waals surface area contributed by atoms with Gasteiger partial charge in [0.2, 0.25) is 0 Å². The molecule has 3 heteroatoms. The molecule has 1 fully saturated rings. The van der Waals surface area contributed by atoms with E-state index in [0.717, 1.165) is 25.8 Å². The van der Waals surface area contributed by atoms with Crippen molar-refractivity contribution >= 4 is 5.97 Å². The van der Waals surface area contributed by atoms with Crippen LogP contribution in [0.3, 0.4) is 0 Å². The van der Waals surface area contributed by atoms with Gasteiger partial charge in [-0.25, -0.2) is 0 Å². The average Bonchev–Trinajstić information content (AvgIpc) is 2.18. The lowest BCUT2D eigenvalue weighted by atomic mass is 9.79. The van der Waals surface area contributed by atoms with Crippen LogP contribution in [0.15, 0.2) is 0 Å². The van der Waals surface area contributed by atoms with Gasteiger partial charge in [0.1, 0.15) is 0 Å². The molecule has 0 aliphatic heterocycles. The highest BCUT2D eigenvalue weighted by molar-refractivity contribution is 5.70. The highest BCUT2D eigenvalue weighted by Crippen LogP contribution is 2.30. The monoisotopic (exact) mass is 213 g/mol. The smallest absolute Gasteiger partial charge is 0.306 e. The lowest BCUT2D eigenvalue weighted by molar-refractivity contribution is -0.145. The van der Waals surface area contributed by atoms with Crippen LogP contribution in [-0.2, 0) is 4.79 Å². The number of carbonyl (C=O) groups is 1. The Morgan fingerprint density at radius 1 is 1.40 bits per heavy atom. The summed E-state index contributed by atoms with van der Waals surface area (Å²) in [5.74, 6) is -0.361. The van der Waals surface area contributed by atoms with Crippen molar-refractivity contribution in [2.24, 2.45) is 11.8 Å². The summed E-state index contributed by atoms with van der Waals surface area (Å²) < 4.78 is 0. The van der Waals surface area contributed by atoms with Crippen LogP contribution in [0.1, 0.15) is 39.5 Å². The topological polar surface area (TPSA) is 40.5 Å². The van der Waals surface area contributed by atoms with Crippen molar-refractivity contribution < 1.29 is 9.90 Å². The van der Waals surface area contributed by atoms with Crippen LogP contribution in [0.5, 0.6) is 0 Å². The quantitative estimate of drug-likeness (QED) is 0.778. The van der Waals surface area contributed by atoms with E-state index in [1.54, 1.807) is 0 Å². The van der Waals surface area contributed by atoms with Crippen molar-refractivity contribution in [2.75, 3.05) is 13.6 Å². The molecule has 15 heavy (non-hydrogen) atoms. The Balaban J connectivity index is 2.53. The van der Waals surface area contributed by atoms with Crippen molar-refractivity contribution in [3.63, 3.8) is 0 Å². The van der Waals surface area contributed by atoms with Gasteiger partial charge in [-0.1, -0.05) is 12.8 Å². The van der Waals surface area contributed by atoms with E-state index in [0.29, 0.717) is 12.0 Å². The minimum atomic E-state index is -0.600. The number of rotatable bonds is 4. The Hall–Kier alpha value is -0.570. The summed E-state index contributed by atoms with van der Waals surface area (Å²) in [5, 5.41) is 9.14. The van der Waals surface area contributed by atoms with Crippen LogP contribution in [0.2, 0.25) is 0 Å². The van der Waals surface area contributed by atoms with E-state index in [1.807, 2.05) is 0 Å². The van der Waals surface area contributed by atoms with E-state index < -0.39 is 5.97 Å². The molecular weight excluding hydrogens is 190 g/mol. The molecule has 88 valence electrons. The van der Waals surface area contributed by atoms with Crippen LogP contribution in [0.25, 0.3) is 0 Å². The van der Waals surface area contributed by atoms with E-state index in [-0.39, 0.29) is 5.92 Å². The third-order valence-corrected chi connectivity index (χ3v) is 3.63. The molecule has 0 radical (unpaired) electrons. The van der Waals surface area contributed by atoms with Gasteiger partial charge in [-0.15, -0.1) is 0 Å². The fraction of sp³-hybridized carbons (Fsp3) is 0.917. The van der Waals surface area contributed by atoms with Gasteiger partial charge < -0.3 is 10.0 Å². The van der Waals surface area contributed by atoms with Gasteiger partial charge in [0.25, 0.3) is 0 Å². The number of nitrogens with zero attached hydrogens (tertiary/aromatic N) is 1. The second kappa shape index (κ2) is 5.50. The summed E-state index contributed by atoms with van der Waals surface area (Å²) in [5.41, 5.74) is 0. The Morgan fingerprint density at radius 3 is 2.53 bits per heavy atom. The van der Waals surface area contributed by atoms with E-state index in [9.17, 15) is 4.79 Å². The predicted molar refractivity (Wildman–Crippen MR) is 60.8 cm³/mol. The third-order valence-electron chi connectivity index (χ3n) is 3.63. The molecule has 2 unspecified atom stereocenters. The lowest BCUT2D eigenvalue weighted by Crippen LogP contribution is -2.38. The average molecular weight is 213 g/mol. The van der Waals surface area contributed by atoms with E-state index >= 15 is 0 Å². The van der Waals surface area contributed by atoms with Crippen molar-refractivity contribution in [1.82, 2.24) is 4.90 Å². The first kappa shape index (κ1) is 12.5. The van der Waals surface area contributed by atoms with Gasteiger partial charge >= 0.3 is 5.97 Å². The summed E-state index contributed by atoms with van der Waals surface area (Å²) in [7, 11) is 2.08. The summed E-state index contributed by atoms with van der Waals surface area (Å²) in [6.45, 7) is 5.23. The zero-order valence-corrected chi connectivity index (χ0v) is 10.1. The standard InChI is InChI=1S/C12H23NO2/c1-9(2)13(3)8-10-6-4-5-7-11(10)12(14)15/h9-11H,4-8H2,1-3H3,(H,14,15). The molecule has 0 aromatic carbocycles. The highest BCUT2D eigenvalue weighted by Gasteiger charge is 2.31. The Morgan fingerprint density at radius 2 is 2.00 bits per heavy atom. The van der Waals surface area contributed by atoms with Gasteiger partial charge in [0.15, 0.2) is 0 Å². The van der Waals surface area contributed by atoms with Crippen molar-refractivity contribution in [2.45, 2.75) is 45.6 Å². The molecule has 1 aliphatic carbocycles. The molecule has 1 aliphatic rings. The maximum absolute atomic E-state index is 11.1. The summed E-state index contributed by atoms with van der Waals surface area (Å²) in [4.78, 5) is 13.4. The first-order chi connectivity index (χ1) is 7.02. The summed E-state index contributed by atoms with van der Waals surface area (Å²) in [6.07, 6.45) is 4.22. The maximum atomic E-state index is 11.1. The highest BCUT2D eigenvalue weighted by atomic mass is 16.4. The minimum Gasteiger partial charge on any atom is -0.481 e. The van der Waals surface area contributed by atoms with E-state index in [2.05, 4.69) is 25.8 Å². The summed E-state index contributed by atoms with van der Waals surface area (Å²) in [6, 6.07) is 0.501. The molecule has 0 aromatic heterocycles. The van der Waals surface area contributed by atoms with Crippen LogP contribution in [0.4, 0.5) is 0 Å². The van der Waals surface area contributed by atoms with E-state index in [1.165, 1.54) is 6.42 Å². The first-order valence-electron chi connectivity index (χ1n) is 5.95. The molecule has 1 N–H and O–H groups in total. The maximum Gasteiger partial charge on any atom is 0.306 e. The van der Waals surface area contributed by atoms with Crippen molar-refractivity contribution in [3.8, 4) is 0 Å². The van der Waals surface area contributed by atoms with Crippen molar-refractivity contribution in [3.05, 3.63) is 0 Å². The van der Waals surface area contributed by atoms with Crippen molar-refractivity contribution in [1.29, 1.82) is 0 Å². The first-order valence-corrected chi connectivity index (χ1v) is 5.95. The van der Waals surface area contributed by atoms with Crippen LogP contribution in [-0.4, -0.2) is 35.6 Å². The largest absolute Gasteiger partial charge is 0.481 e. The van der Waals surface area contributed by atoms with Gasteiger partial charge in [-0.3, -0.25) is 4.79 Å². The molecule has 3 nitrogen and oxygen atoms in total. The van der Waals surface area contributed by atoms with Crippen LogP contribution in [0, 0.1) is 11.8 Å². The normalized spacial score (nSPS) is 27.3. The number of hydrogen-bond acceptors (Lipinski definition) is 2. The SMILES string of the molecule is CC(C)N(C)CC1CCCCC1C(=O)O. The molecule has 0 bridgehead atoms. The minimum absolute atomic E-state index is 0.111. The molecule has 0 saturated heterocycles. The number of hydrogen-bond donors (Lipinski definition) is 1. The molecule has 0 heterocycles. The third kappa shape index (κ3) is 3.49. The fourth-order valence-corrected chi connectivity index (χ4v) is 2.33. The number of aliphatic carboxylic acids is 1. The molecule has 0 aromatic rings. The van der Waals surface area contributed by atoms with E-state index in [4.69, 9.17) is 5.11 Å². The Kier molecular flexibility index (Phi) is 4.58. The molecule has 0 spiro atoms. The molecule has 2 atom stereocenters. The lowest BCUT2D eigenvalue weighted by Gasteiger charge is -2.33. The van der Waals surface area contributed by atoms with Gasteiger partial charge in [0.05, 0.1) is 5.92 Å². The molecule has 0 amide bonds. The Bertz CT molecular complexity index is 216. The molecule has 1 saturated carbocycles.